The minimum absolute atomic E-state index is 0.358. The second-order valence-corrected chi connectivity index (χ2v) is 4.92. The Morgan fingerprint density at radius 3 is 1.89 bits per heavy atom. The highest BCUT2D eigenvalue weighted by atomic mass is 35.5. The summed E-state index contributed by atoms with van der Waals surface area (Å²) in [7, 11) is 6.46. The zero-order valence-corrected chi connectivity index (χ0v) is 18.2. The first-order valence-corrected chi connectivity index (χ1v) is 9.24. The molecule has 0 aliphatic heterocycles. The van der Waals surface area contributed by atoms with Crippen LogP contribution in [0.4, 0.5) is 11.8 Å². The van der Waals surface area contributed by atoms with Crippen LogP contribution in [-0.2, 0) is 6.54 Å². The molecular weight excluding hydrogens is 368 g/mol. The maximum Gasteiger partial charge on any atom is 0.225 e. The van der Waals surface area contributed by atoms with Crippen molar-refractivity contribution in [2.45, 2.75) is 34.2 Å². The summed E-state index contributed by atoms with van der Waals surface area (Å²) < 4.78 is 16.0. The van der Waals surface area contributed by atoms with Gasteiger partial charge in [-0.25, -0.2) is 4.98 Å². The molecule has 0 fully saturated rings. The molecule has 1 aromatic heterocycles. The number of benzene rings is 1. The van der Waals surface area contributed by atoms with Gasteiger partial charge in [0.15, 0.2) is 11.5 Å². The van der Waals surface area contributed by atoms with Gasteiger partial charge in [-0.05, 0) is 17.7 Å². The molecule has 0 unspecified atom stereocenters. The normalized spacial score (nSPS) is 9.07. The summed E-state index contributed by atoms with van der Waals surface area (Å²) in [4.78, 5) is 8.31. The predicted molar refractivity (Wildman–Crippen MR) is 113 cm³/mol. The topological polar surface area (TPSA) is 77.5 Å². The molecule has 0 aliphatic carbocycles. The van der Waals surface area contributed by atoms with Crippen LogP contribution in [0.5, 0.6) is 17.2 Å². The number of anilines is 2. The van der Waals surface area contributed by atoms with E-state index < -0.39 is 0 Å². The fourth-order valence-corrected chi connectivity index (χ4v) is 2.23. The molecule has 7 nitrogen and oxygen atoms in total. The Bertz CT molecular complexity index is 659. The van der Waals surface area contributed by atoms with Gasteiger partial charge < -0.3 is 24.8 Å². The van der Waals surface area contributed by atoms with Gasteiger partial charge in [0.25, 0.3) is 0 Å². The van der Waals surface area contributed by atoms with E-state index in [0.29, 0.717) is 40.7 Å². The molecule has 1 aromatic carbocycles. The van der Waals surface area contributed by atoms with Crippen molar-refractivity contribution in [3.63, 3.8) is 0 Å². The summed E-state index contributed by atoms with van der Waals surface area (Å²) in [5.41, 5.74) is 0.945. The fraction of sp³-hybridized carbons (Fsp3) is 0.474. The van der Waals surface area contributed by atoms with Crippen molar-refractivity contribution in [3.8, 4) is 17.2 Å². The van der Waals surface area contributed by atoms with Gasteiger partial charge in [-0.2, -0.15) is 4.98 Å². The largest absolute Gasteiger partial charge is 0.493 e. The predicted octanol–water partition coefficient (Wildman–Crippen LogP) is 4.86. The van der Waals surface area contributed by atoms with Gasteiger partial charge in [0, 0.05) is 19.7 Å². The lowest BCUT2D eigenvalue weighted by molar-refractivity contribution is 0.324. The third kappa shape index (κ3) is 7.38. The van der Waals surface area contributed by atoms with Gasteiger partial charge >= 0.3 is 0 Å². The first-order chi connectivity index (χ1) is 13.1. The zero-order valence-electron chi connectivity index (χ0n) is 17.4. The molecule has 1 heterocycles. The van der Waals surface area contributed by atoms with Gasteiger partial charge in [-0.3, -0.25) is 0 Å². The molecule has 0 aliphatic rings. The Balaban J connectivity index is 0.00000158. The number of methoxy groups -OCH3 is 3. The number of rotatable bonds is 7. The average Bonchev–Trinajstić information content (AvgIpc) is 2.73. The molecule has 0 radical (unpaired) electrons. The van der Waals surface area contributed by atoms with Crippen LogP contribution in [0.2, 0.25) is 5.15 Å². The highest BCUT2D eigenvalue weighted by molar-refractivity contribution is 6.29. The molecule has 2 rings (SSSR count). The lowest BCUT2D eigenvalue weighted by Gasteiger charge is -2.14. The van der Waals surface area contributed by atoms with Crippen LogP contribution >= 0.6 is 11.6 Å². The van der Waals surface area contributed by atoms with Crippen LogP contribution in [0.3, 0.4) is 0 Å². The molecule has 152 valence electrons. The highest BCUT2D eigenvalue weighted by Crippen LogP contribution is 2.38. The quantitative estimate of drug-likeness (QED) is 0.644. The third-order valence-corrected chi connectivity index (χ3v) is 3.31. The van der Waals surface area contributed by atoms with E-state index in [1.165, 1.54) is 0 Å². The van der Waals surface area contributed by atoms with Gasteiger partial charge in [-0.1, -0.05) is 39.3 Å². The fourth-order valence-electron chi connectivity index (χ4n) is 2.05. The second kappa shape index (κ2) is 13.7. The van der Waals surface area contributed by atoms with Gasteiger partial charge in [0.1, 0.15) is 11.0 Å². The van der Waals surface area contributed by atoms with Crippen LogP contribution in [0.15, 0.2) is 18.2 Å². The minimum Gasteiger partial charge on any atom is -0.493 e. The molecule has 2 N–H and O–H groups in total. The lowest BCUT2D eigenvalue weighted by Crippen LogP contribution is -2.05. The van der Waals surface area contributed by atoms with Crippen LogP contribution < -0.4 is 24.8 Å². The van der Waals surface area contributed by atoms with Gasteiger partial charge in [0.2, 0.25) is 11.7 Å². The minimum atomic E-state index is 0.358. The van der Waals surface area contributed by atoms with Crippen LogP contribution in [0.25, 0.3) is 0 Å². The Kier molecular flexibility index (Phi) is 12.5. The number of ether oxygens (including phenoxy) is 3. The molecule has 8 heteroatoms. The number of halogens is 1. The maximum atomic E-state index is 5.96. The molecule has 0 amide bonds. The Labute approximate surface area is 167 Å². The van der Waals surface area contributed by atoms with E-state index in [2.05, 4.69) is 20.6 Å². The third-order valence-electron chi connectivity index (χ3n) is 3.12. The standard InChI is InChI=1S/C15H19ClN4O3.2C2H6/c1-17-15-19-12(16)7-13(20-15)18-8-9-5-10(21-2)14(23-4)11(6-9)22-3;2*1-2/h5-7H,8H2,1-4H3,(H2,17,18,19,20);2*1-2H3. The summed E-state index contributed by atoms with van der Waals surface area (Å²) >= 11 is 5.96. The number of hydrogen-bond donors (Lipinski definition) is 2. The molecule has 27 heavy (non-hydrogen) atoms. The summed E-state index contributed by atoms with van der Waals surface area (Å²) in [6.45, 7) is 8.51. The molecule has 0 saturated heterocycles. The Morgan fingerprint density at radius 1 is 0.889 bits per heavy atom. The lowest BCUT2D eigenvalue weighted by atomic mass is 10.1. The summed E-state index contributed by atoms with van der Waals surface area (Å²) in [5, 5.41) is 6.40. The van der Waals surface area contributed by atoms with Gasteiger partial charge in [-0.15, -0.1) is 0 Å². The number of nitrogens with one attached hydrogen (secondary N) is 2. The molecule has 2 aromatic rings. The maximum absolute atomic E-state index is 5.96. The van der Waals surface area contributed by atoms with Crippen molar-refractivity contribution in [2.75, 3.05) is 39.0 Å². The summed E-state index contributed by atoms with van der Waals surface area (Å²) in [6.07, 6.45) is 0. The number of hydrogen-bond acceptors (Lipinski definition) is 7. The van der Waals surface area contributed by atoms with E-state index in [1.54, 1.807) is 34.4 Å². The van der Waals surface area contributed by atoms with Crippen molar-refractivity contribution in [1.82, 2.24) is 9.97 Å². The summed E-state index contributed by atoms with van der Waals surface area (Å²) in [6, 6.07) is 5.40. The first kappa shape index (κ1) is 24.6. The van der Waals surface area contributed by atoms with Crippen LogP contribution in [0.1, 0.15) is 33.3 Å². The van der Waals surface area contributed by atoms with E-state index >= 15 is 0 Å². The molecule has 0 atom stereocenters. The Morgan fingerprint density at radius 2 is 1.44 bits per heavy atom. The van der Waals surface area contributed by atoms with Crippen molar-refractivity contribution >= 4 is 23.4 Å². The number of aromatic nitrogens is 2. The molecular formula is C19H31ClN4O3. The van der Waals surface area contributed by atoms with Crippen molar-refractivity contribution < 1.29 is 14.2 Å². The van der Waals surface area contributed by atoms with E-state index in [9.17, 15) is 0 Å². The molecule has 0 saturated carbocycles. The van der Waals surface area contributed by atoms with Crippen LogP contribution in [0, 0.1) is 0 Å². The van der Waals surface area contributed by atoms with Crippen molar-refractivity contribution in [2.24, 2.45) is 0 Å². The zero-order chi connectivity index (χ0) is 20.8. The van der Waals surface area contributed by atoms with E-state index in [1.807, 2.05) is 39.8 Å². The molecule has 0 spiro atoms. The molecule has 0 bridgehead atoms. The van der Waals surface area contributed by atoms with E-state index in [0.717, 1.165) is 5.56 Å². The SMILES string of the molecule is CC.CC.CNc1nc(Cl)cc(NCc2cc(OC)c(OC)c(OC)c2)n1. The van der Waals surface area contributed by atoms with E-state index in [-0.39, 0.29) is 0 Å². The van der Waals surface area contributed by atoms with Crippen LogP contribution in [-0.4, -0.2) is 38.3 Å². The first-order valence-electron chi connectivity index (χ1n) is 8.86. The number of nitrogens with zero attached hydrogens (tertiary/aromatic N) is 2. The second-order valence-electron chi connectivity index (χ2n) is 4.54. The summed E-state index contributed by atoms with van der Waals surface area (Å²) in [5.74, 6) is 2.81. The highest BCUT2D eigenvalue weighted by Gasteiger charge is 2.13. The van der Waals surface area contributed by atoms with Gasteiger partial charge in [0.05, 0.1) is 21.3 Å². The van der Waals surface area contributed by atoms with Crippen molar-refractivity contribution in [1.29, 1.82) is 0 Å². The monoisotopic (exact) mass is 398 g/mol. The van der Waals surface area contributed by atoms with Crippen molar-refractivity contribution in [3.05, 3.63) is 28.9 Å². The smallest absolute Gasteiger partial charge is 0.225 e. The Hall–Kier alpha value is -2.41. The van der Waals surface area contributed by atoms with E-state index in [4.69, 9.17) is 25.8 Å². The average molecular weight is 399 g/mol.